The van der Waals surface area contributed by atoms with Crippen molar-refractivity contribution in [3.63, 3.8) is 0 Å². The molecule has 0 aliphatic carbocycles. The second-order valence-electron chi connectivity index (χ2n) is 1.93. The van der Waals surface area contributed by atoms with Gasteiger partial charge in [-0.25, -0.2) is 0 Å². The Bertz CT molecular complexity index is 258. The summed E-state index contributed by atoms with van der Waals surface area (Å²) in [6.45, 7) is 0. The molecule has 7 nitrogen and oxygen atoms in total. The number of aliphatic hydroxyl groups excluding tert-OH is 1. The van der Waals surface area contributed by atoms with Crippen LogP contribution in [0.15, 0.2) is 11.9 Å². The molecule has 0 amide bonds. The van der Waals surface area contributed by atoms with Crippen LogP contribution in [0.1, 0.15) is 0 Å². The third-order valence-corrected chi connectivity index (χ3v) is 2.22. The van der Waals surface area contributed by atoms with Gasteiger partial charge in [-0.1, -0.05) is 0 Å². The molecular formula is C3H8O7P2. The molecule has 1 unspecified atom stereocenters. The zero-order valence-electron chi connectivity index (χ0n) is 5.68. The van der Waals surface area contributed by atoms with Crippen LogP contribution >= 0.6 is 15.2 Å². The van der Waals surface area contributed by atoms with E-state index in [2.05, 4.69) is 0 Å². The van der Waals surface area contributed by atoms with Crippen LogP contribution in [0, 0.1) is 0 Å². The van der Waals surface area contributed by atoms with Gasteiger partial charge in [0, 0.05) is 5.82 Å². The molecule has 0 fully saturated rings. The van der Waals surface area contributed by atoms with E-state index in [9.17, 15) is 9.13 Å². The zero-order chi connectivity index (χ0) is 9.99. The van der Waals surface area contributed by atoms with Gasteiger partial charge < -0.3 is 24.7 Å². The molecule has 9 heteroatoms. The lowest BCUT2D eigenvalue weighted by atomic mass is 10.7. The molecule has 0 aromatic carbocycles. The summed E-state index contributed by atoms with van der Waals surface area (Å²) in [4.78, 5) is 32.9. The van der Waals surface area contributed by atoms with Crippen LogP contribution in [0.4, 0.5) is 0 Å². The summed E-state index contributed by atoms with van der Waals surface area (Å²) in [7, 11) is -9.19. The van der Waals surface area contributed by atoms with Crippen molar-refractivity contribution in [2.24, 2.45) is 0 Å². The third-order valence-electron chi connectivity index (χ3n) is 0.797. The van der Waals surface area contributed by atoms with Crippen molar-refractivity contribution in [1.29, 1.82) is 0 Å². The molecule has 12 heavy (non-hydrogen) atoms. The fourth-order valence-electron chi connectivity index (χ4n) is 0.301. The van der Waals surface area contributed by atoms with E-state index >= 15 is 0 Å². The van der Waals surface area contributed by atoms with Gasteiger partial charge >= 0.3 is 15.2 Å². The molecule has 0 aromatic rings. The Morgan fingerprint density at radius 1 is 1.08 bits per heavy atom. The summed E-state index contributed by atoms with van der Waals surface area (Å²) in [6.07, 6.45) is 0.363. The van der Waals surface area contributed by atoms with Crippen molar-refractivity contribution in [2.45, 2.75) is 5.85 Å². The summed E-state index contributed by atoms with van der Waals surface area (Å²) in [5, 5.41) is 8.56. The van der Waals surface area contributed by atoms with Gasteiger partial charge in [-0.3, -0.25) is 9.13 Å². The molecule has 0 spiro atoms. The molecule has 0 saturated heterocycles. The van der Waals surface area contributed by atoms with E-state index in [1.807, 2.05) is 0 Å². The lowest BCUT2D eigenvalue weighted by Gasteiger charge is -2.06. The van der Waals surface area contributed by atoms with Crippen LogP contribution in [-0.2, 0) is 9.13 Å². The quantitative estimate of drug-likeness (QED) is 0.390. The molecule has 0 saturated carbocycles. The maximum Gasteiger partial charge on any atom is 0.357 e. The van der Waals surface area contributed by atoms with Crippen LogP contribution in [-0.4, -0.2) is 30.5 Å². The molecule has 0 bridgehead atoms. The van der Waals surface area contributed by atoms with E-state index < -0.39 is 21.0 Å². The predicted molar refractivity (Wildman–Crippen MR) is 39.2 cm³/mol. The first kappa shape index (κ1) is 12.0. The fourth-order valence-corrected chi connectivity index (χ4v) is 1.13. The second kappa shape index (κ2) is 3.81. The Morgan fingerprint density at radius 3 is 1.75 bits per heavy atom. The second-order valence-corrected chi connectivity index (χ2v) is 5.12. The Morgan fingerprint density at radius 2 is 1.50 bits per heavy atom. The third kappa shape index (κ3) is 5.62. The highest BCUT2D eigenvalue weighted by molar-refractivity contribution is 7.55. The molecular weight excluding hydrogens is 210 g/mol. The minimum Gasteiger partial charge on any atom is -0.377 e. The van der Waals surface area contributed by atoms with E-state index in [0.29, 0.717) is 6.08 Å². The van der Waals surface area contributed by atoms with E-state index in [-0.39, 0.29) is 5.82 Å². The zero-order valence-corrected chi connectivity index (χ0v) is 7.47. The summed E-state index contributed by atoms with van der Waals surface area (Å²) in [5.74, 6) is -1.94. The van der Waals surface area contributed by atoms with Crippen molar-refractivity contribution >= 4 is 15.2 Å². The summed E-state index contributed by atoms with van der Waals surface area (Å²) in [6, 6.07) is 0. The van der Waals surface area contributed by atoms with Gasteiger partial charge in [-0.15, -0.1) is 0 Å². The first-order chi connectivity index (χ1) is 5.13. The minimum absolute atomic E-state index is 0.233. The number of hydrogen-bond donors (Lipinski definition) is 5. The topological polar surface area (TPSA) is 135 Å². The average Bonchev–Trinajstić information content (AvgIpc) is 1.78. The number of rotatable bonds is 3. The van der Waals surface area contributed by atoms with Crippen molar-refractivity contribution in [2.75, 3.05) is 0 Å². The molecule has 0 rings (SSSR count). The molecule has 0 radical (unpaired) electrons. The summed E-state index contributed by atoms with van der Waals surface area (Å²) in [5.41, 5.74) is 0. The highest BCUT2D eigenvalue weighted by atomic mass is 31.2. The lowest BCUT2D eigenvalue weighted by molar-refractivity contribution is 0.238. The maximum absolute atomic E-state index is 10.2. The van der Waals surface area contributed by atoms with Gasteiger partial charge in [0.1, 0.15) is 0 Å². The highest BCUT2D eigenvalue weighted by Gasteiger charge is 2.24. The molecule has 0 aromatic heterocycles. The Labute approximate surface area is 67.7 Å². The van der Waals surface area contributed by atoms with Gasteiger partial charge in [0.05, 0.1) is 0 Å². The highest BCUT2D eigenvalue weighted by Crippen LogP contribution is 2.43. The van der Waals surface area contributed by atoms with Gasteiger partial charge in [-0.05, 0) is 6.08 Å². The Kier molecular flexibility index (Phi) is 3.81. The number of hydrogen-bond acceptors (Lipinski definition) is 3. The largest absolute Gasteiger partial charge is 0.377 e. The molecule has 0 heterocycles. The van der Waals surface area contributed by atoms with Gasteiger partial charge in [-0.2, -0.15) is 0 Å². The molecule has 72 valence electrons. The predicted octanol–water partition coefficient (Wildman–Crippen LogP) is -0.826. The molecule has 0 aliphatic rings. The minimum atomic E-state index is -4.72. The van der Waals surface area contributed by atoms with Crippen molar-refractivity contribution in [1.82, 2.24) is 0 Å². The van der Waals surface area contributed by atoms with Crippen LogP contribution in [0.5, 0.6) is 0 Å². The van der Waals surface area contributed by atoms with E-state index in [4.69, 9.17) is 24.7 Å². The first-order valence-corrected chi connectivity index (χ1v) is 5.97. The maximum atomic E-state index is 10.2. The molecule has 1 atom stereocenters. The fraction of sp³-hybridized carbons (Fsp3) is 0.333. The van der Waals surface area contributed by atoms with Crippen molar-refractivity contribution in [3.05, 3.63) is 11.9 Å². The monoisotopic (exact) mass is 218 g/mol. The van der Waals surface area contributed by atoms with Gasteiger partial charge in [0.2, 0.25) is 0 Å². The van der Waals surface area contributed by atoms with Crippen LogP contribution in [0.25, 0.3) is 0 Å². The van der Waals surface area contributed by atoms with E-state index in [0.717, 1.165) is 0 Å². The van der Waals surface area contributed by atoms with E-state index in [1.54, 1.807) is 0 Å². The van der Waals surface area contributed by atoms with E-state index in [1.165, 1.54) is 0 Å². The standard InChI is InChI=1S/C3H8O7P2/c4-3(12(8,9)10)1-2-11(5,6)7/h1-4H,(H2,5,6,7)(H2,8,9,10). The molecule has 5 N–H and O–H groups in total. The van der Waals surface area contributed by atoms with Gasteiger partial charge in [0.15, 0.2) is 5.85 Å². The van der Waals surface area contributed by atoms with Crippen molar-refractivity contribution in [3.8, 4) is 0 Å². The normalized spacial score (nSPS) is 16.8. The van der Waals surface area contributed by atoms with Crippen molar-refractivity contribution < 1.29 is 33.8 Å². The van der Waals surface area contributed by atoms with Gasteiger partial charge in [0.25, 0.3) is 0 Å². The lowest BCUT2D eigenvalue weighted by Crippen LogP contribution is -2.01. The summed E-state index contributed by atoms with van der Waals surface area (Å²) >= 11 is 0. The summed E-state index contributed by atoms with van der Waals surface area (Å²) < 4.78 is 20.3. The molecule has 0 aliphatic heterocycles. The van der Waals surface area contributed by atoms with Crippen LogP contribution < -0.4 is 0 Å². The van der Waals surface area contributed by atoms with Crippen LogP contribution in [0.2, 0.25) is 0 Å². The van der Waals surface area contributed by atoms with Crippen LogP contribution in [0.3, 0.4) is 0 Å². The Hall–Kier alpha value is -0.0000000000000000971. The smallest absolute Gasteiger partial charge is 0.357 e. The average molecular weight is 218 g/mol. The SMILES string of the molecule is O=P(O)(O)C=CC(O)P(=O)(O)O. The first-order valence-electron chi connectivity index (χ1n) is 2.61. The Balaban J connectivity index is 4.40. The number of aliphatic hydroxyl groups is 1.